The van der Waals surface area contributed by atoms with Gasteiger partial charge < -0.3 is 25.7 Å². The van der Waals surface area contributed by atoms with Gasteiger partial charge in [-0.1, -0.05) is 84.0 Å². The summed E-state index contributed by atoms with van der Waals surface area (Å²) < 4.78 is 0. The topological polar surface area (TPSA) is 153 Å². The summed E-state index contributed by atoms with van der Waals surface area (Å²) >= 11 is 0. The third-order valence-electron chi connectivity index (χ3n) is 7.83. The summed E-state index contributed by atoms with van der Waals surface area (Å²) in [5.41, 5.74) is 0. The number of hydrogen-bond donors (Lipinski definition) is 4. The van der Waals surface area contributed by atoms with E-state index in [9.17, 15) is 29.1 Å². The second-order valence-corrected chi connectivity index (χ2v) is 11.5. The molecule has 41 heavy (non-hydrogen) atoms. The minimum atomic E-state index is -1.25. The first-order valence-corrected chi connectivity index (χ1v) is 16.0. The fourth-order valence-electron chi connectivity index (χ4n) is 5.23. The Morgan fingerprint density at radius 3 is 1.63 bits per heavy atom. The van der Waals surface area contributed by atoms with Crippen LogP contribution in [0.5, 0.6) is 0 Å². The average molecular weight is 582 g/mol. The zero-order valence-corrected chi connectivity index (χ0v) is 25.3. The molecule has 0 bridgehead atoms. The summed E-state index contributed by atoms with van der Waals surface area (Å²) in [6.45, 7) is 3.36. The Hall–Kier alpha value is -2.65. The van der Waals surface area contributed by atoms with Crippen LogP contribution in [0.25, 0.3) is 0 Å². The fraction of sp³-hybridized carbons (Fsp3) is 0.839. The largest absolute Gasteiger partial charge is 0.481 e. The quantitative estimate of drug-likeness (QED) is 0.117. The lowest BCUT2D eigenvalue weighted by atomic mass is 9.95. The molecule has 1 atom stereocenters. The Morgan fingerprint density at radius 1 is 0.732 bits per heavy atom. The first-order valence-electron chi connectivity index (χ1n) is 16.0. The third-order valence-corrected chi connectivity index (χ3v) is 7.83. The van der Waals surface area contributed by atoms with Crippen LogP contribution >= 0.6 is 0 Å². The number of carboxylic acid groups (broad SMARTS) is 2. The van der Waals surface area contributed by atoms with Gasteiger partial charge in [-0.05, 0) is 32.1 Å². The molecule has 4 N–H and O–H groups in total. The molecule has 10 nitrogen and oxygen atoms in total. The van der Waals surface area contributed by atoms with Gasteiger partial charge in [0.25, 0.3) is 0 Å². The number of unbranched alkanes of at least 4 members (excludes halogenated alkanes) is 13. The van der Waals surface area contributed by atoms with E-state index in [1.54, 1.807) is 0 Å². The van der Waals surface area contributed by atoms with Crippen molar-refractivity contribution in [1.29, 1.82) is 0 Å². The number of carboxylic acids is 2. The Balaban J connectivity index is 2.04. The standard InChI is InChI=1S/C31H55N3O7/c1-2-21-32-27(35)24-26(31(40)41)33-30(39)25-19-22-34(23-20-25)28(36)17-15-13-11-9-7-5-3-4-6-8-10-12-14-16-18-29(37)38/h25-26H,2-24H2,1H3,(H,32,35)(H,33,39)(H,37,38)(H,40,41)/t26-/m1/s1. The number of aliphatic carboxylic acids is 2. The van der Waals surface area contributed by atoms with Crippen LogP contribution in [0.1, 0.15) is 135 Å². The molecule has 1 aliphatic rings. The molecule has 0 aromatic heterocycles. The summed E-state index contributed by atoms with van der Waals surface area (Å²) in [4.78, 5) is 60.9. The van der Waals surface area contributed by atoms with Crippen LogP contribution in [0.15, 0.2) is 0 Å². The van der Waals surface area contributed by atoms with Crippen LogP contribution in [-0.4, -0.2) is 70.4 Å². The van der Waals surface area contributed by atoms with Crippen molar-refractivity contribution in [3.8, 4) is 0 Å². The molecule has 0 aromatic carbocycles. The lowest BCUT2D eigenvalue weighted by Gasteiger charge is -2.32. The van der Waals surface area contributed by atoms with Gasteiger partial charge >= 0.3 is 11.9 Å². The van der Waals surface area contributed by atoms with E-state index in [-0.39, 0.29) is 24.2 Å². The fourth-order valence-corrected chi connectivity index (χ4v) is 5.23. The van der Waals surface area contributed by atoms with Crippen LogP contribution in [-0.2, 0) is 24.0 Å². The Morgan fingerprint density at radius 2 is 1.20 bits per heavy atom. The molecule has 1 rings (SSSR count). The van der Waals surface area contributed by atoms with Gasteiger partial charge in [0.05, 0.1) is 6.42 Å². The normalized spacial score (nSPS) is 14.4. The van der Waals surface area contributed by atoms with Gasteiger partial charge in [0.1, 0.15) is 6.04 Å². The maximum Gasteiger partial charge on any atom is 0.326 e. The molecule has 0 saturated carbocycles. The zero-order chi connectivity index (χ0) is 30.3. The van der Waals surface area contributed by atoms with E-state index in [2.05, 4.69) is 10.6 Å². The summed E-state index contributed by atoms with van der Waals surface area (Å²) in [5.74, 6) is -2.91. The van der Waals surface area contributed by atoms with Gasteiger partial charge in [-0.3, -0.25) is 19.2 Å². The molecule has 0 unspecified atom stereocenters. The lowest BCUT2D eigenvalue weighted by Crippen LogP contribution is -2.49. The molecule has 3 amide bonds. The van der Waals surface area contributed by atoms with Crippen molar-refractivity contribution in [2.24, 2.45) is 5.92 Å². The third kappa shape index (κ3) is 18.4. The molecule has 1 fully saturated rings. The summed E-state index contributed by atoms with van der Waals surface area (Å²) in [6, 6.07) is -1.25. The number of carbonyl (C=O) groups is 5. The average Bonchev–Trinajstić information content (AvgIpc) is 2.95. The first-order chi connectivity index (χ1) is 19.7. The van der Waals surface area contributed by atoms with E-state index in [1.165, 1.54) is 51.4 Å². The summed E-state index contributed by atoms with van der Waals surface area (Å²) in [6.07, 6.45) is 18.3. The Bertz CT molecular complexity index is 782. The molecular weight excluding hydrogens is 526 g/mol. The maximum atomic E-state index is 12.6. The predicted octanol–water partition coefficient (Wildman–Crippen LogP) is 5.04. The Labute approximate surface area is 246 Å². The van der Waals surface area contributed by atoms with E-state index >= 15 is 0 Å². The van der Waals surface area contributed by atoms with Crippen molar-refractivity contribution < 1.29 is 34.2 Å². The molecule has 1 heterocycles. The van der Waals surface area contributed by atoms with E-state index < -0.39 is 23.9 Å². The smallest absolute Gasteiger partial charge is 0.326 e. The van der Waals surface area contributed by atoms with Crippen molar-refractivity contribution in [2.75, 3.05) is 19.6 Å². The van der Waals surface area contributed by atoms with E-state index in [1.807, 2.05) is 11.8 Å². The van der Waals surface area contributed by atoms with E-state index in [4.69, 9.17) is 5.11 Å². The number of piperidine rings is 1. The van der Waals surface area contributed by atoms with Crippen LogP contribution < -0.4 is 10.6 Å². The predicted molar refractivity (Wildman–Crippen MR) is 158 cm³/mol. The van der Waals surface area contributed by atoms with Gasteiger partial charge in [0.15, 0.2) is 0 Å². The van der Waals surface area contributed by atoms with Gasteiger partial charge in [-0.25, -0.2) is 4.79 Å². The second kappa shape index (κ2) is 23.0. The number of hydrogen-bond acceptors (Lipinski definition) is 5. The van der Waals surface area contributed by atoms with Crippen LogP contribution in [0, 0.1) is 5.92 Å². The van der Waals surface area contributed by atoms with E-state index in [0.717, 1.165) is 44.9 Å². The molecule has 236 valence electrons. The number of amides is 3. The summed E-state index contributed by atoms with van der Waals surface area (Å²) in [7, 11) is 0. The van der Waals surface area contributed by atoms with Crippen molar-refractivity contribution in [3.05, 3.63) is 0 Å². The number of carbonyl (C=O) groups excluding carboxylic acids is 3. The SMILES string of the molecule is CCCNC(=O)C[C@@H](NC(=O)C1CCN(C(=O)CCCCCCCCCCCCCCCCC(=O)O)CC1)C(=O)O. The van der Waals surface area contributed by atoms with Crippen molar-refractivity contribution in [3.63, 3.8) is 0 Å². The number of rotatable bonds is 24. The Kier molecular flexibility index (Phi) is 20.4. The molecule has 1 saturated heterocycles. The van der Waals surface area contributed by atoms with Gasteiger partial charge in [0, 0.05) is 38.4 Å². The molecule has 0 radical (unpaired) electrons. The minimum Gasteiger partial charge on any atom is -0.481 e. The first kappa shape index (κ1) is 36.4. The minimum absolute atomic E-state index is 0.127. The van der Waals surface area contributed by atoms with Crippen LogP contribution in [0.4, 0.5) is 0 Å². The zero-order valence-electron chi connectivity index (χ0n) is 25.3. The highest BCUT2D eigenvalue weighted by Crippen LogP contribution is 2.20. The van der Waals surface area contributed by atoms with Crippen molar-refractivity contribution in [2.45, 2.75) is 141 Å². The second-order valence-electron chi connectivity index (χ2n) is 11.5. The molecule has 1 aliphatic heterocycles. The molecule has 0 aromatic rings. The molecule has 0 spiro atoms. The van der Waals surface area contributed by atoms with Gasteiger partial charge in [-0.2, -0.15) is 0 Å². The monoisotopic (exact) mass is 581 g/mol. The number of likely N-dealkylation sites (tertiary alicyclic amines) is 1. The number of nitrogens with one attached hydrogen (secondary N) is 2. The lowest BCUT2D eigenvalue weighted by molar-refractivity contribution is -0.144. The number of nitrogens with zero attached hydrogens (tertiary/aromatic N) is 1. The highest BCUT2D eigenvalue weighted by atomic mass is 16.4. The highest BCUT2D eigenvalue weighted by Gasteiger charge is 2.30. The summed E-state index contributed by atoms with van der Waals surface area (Å²) in [5, 5.41) is 23.2. The molecule has 0 aliphatic carbocycles. The van der Waals surface area contributed by atoms with Crippen LogP contribution in [0.2, 0.25) is 0 Å². The molecule has 10 heteroatoms. The van der Waals surface area contributed by atoms with Crippen molar-refractivity contribution >= 4 is 29.7 Å². The van der Waals surface area contributed by atoms with Gasteiger partial charge in [0.2, 0.25) is 17.7 Å². The van der Waals surface area contributed by atoms with Crippen molar-refractivity contribution in [1.82, 2.24) is 15.5 Å². The van der Waals surface area contributed by atoms with Gasteiger partial charge in [-0.15, -0.1) is 0 Å². The highest BCUT2D eigenvalue weighted by molar-refractivity contribution is 5.89. The van der Waals surface area contributed by atoms with Crippen LogP contribution in [0.3, 0.4) is 0 Å². The molecular formula is C31H55N3O7. The van der Waals surface area contributed by atoms with E-state index in [0.29, 0.717) is 45.3 Å². The maximum absolute atomic E-state index is 12.6.